The zero-order chi connectivity index (χ0) is 11.8. The summed E-state index contributed by atoms with van der Waals surface area (Å²) in [7, 11) is 0. The lowest BCUT2D eigenvalue weighted by atomic mass is 10.2. The summed E-state index contributed by atoms with van der Waals surface area (Å²) in [5.41, 5.74) is 0. The fourth-order valence-corrected chi connectivity index (χ4v) is 1.15. The van der Waals surface area contributed by atoms with E-state index >= 15 is 0 Å². The molecule has 5 nitrogen and oxygen atoms in total. The Hall–Kier alpha value is -1.57. The van der Waals surface area contributed by atoms with Gasteiger partial charge in [-0.3, -0.25) is 9.59 Å². The third-order valence-electron chi connectivity index (χ3n) is 2.00. The number of carboxylic acids is 1. The van der Waals surface area contributed by atoms with Gasteiger partial charge in [-0.15, -0.1) is 0 Å². The summed E-state index contributed by atoms with van der Waals surface area (Å²) in [6.07, 6.45) is -0.155. The van der Waals surface area contributed by atoms with Gasteiger partial charge in [0.1, 0.15) is 0 Å². The number of nitrogens with zero attached hydrogens (tertiary/aromatic N) is 2. The molecule has 0 heterocycles. The minimum absolute atomic E-state index is 0.00131. The molecule has 0 rings (SSSR count). The van der Waals surface area contributed by atoms with E-state index in [2.05, 4.69) is 0 Å². The summed E-state index contributed by atoms with van der Waals surface area (Å²) >= 11 is 0. The second-order valence-corrected chi connectivity index (χ2v) is 3.36. The Morgan fingerprint density at radius 2 is 2.07 bits per heavy atom. The Bertz CT molecular complexity index is 270. The van der Waals surface area contributed by atoms with E-state index in [0.717, 1.165) is 0 Å². The fraction of sp³-hybridized carbons (Fsp3) is 0.700. The highest BCUT2D eigenvalue weighted by Crippen LogP contribution is 2.03. The number of carboxylic acid groups (broad SMARTS) is 1. The van der Waals surface area contributed by atoms with Gasteiger partial charge in [-0.25, -0.2) is 0 Å². The van der Waals surface area contributed by atoms with Crippen LogP contribution in [0, 0.1) is 17.2 Å². The Balaban J connectivity index is 4.11. The number of nitriles is 1. The van der Waals surface area contributed by atoms with Crippen LogP contribution in [0.2, 0.25) is 0 Å². The molecule has 0 radical (unpaired) electrons. The van der Waals surface area contributed by atoms with Crippen LogP contribution in [0.5, 0.6) is 0 Å². The zero-order valence-corrected chi connectivity index (χ0v) is 9.06. The number of aliphatic carboxylic acids is 1. The van der Waals surface area contributed by atoms with Gasteiger partial charge in [0, 0.05) is 19.5 Å². The SMILES string of the molecule is CCN(CC(C)C#N)C(=O)CCC(=O)O. The lowest BCUT2D eigenvalue weighted by molar-refractivity contribution is -0.141. The van der Waals surface area contributed by atoms with Crippen molar-refractivity contribution in [3.05, 3.63) is 0 Å². The molecule has 0 aliphatic rings. The van der Waals surface area contributed by atoms with Gasteiger partial charge in [-0.1, -0.05) is 0 Å². The van der Waals surface area contributed by atoms with Crippen LogP contribution in [0.1, 0.15) is 26.7 Å². The summed E-state index contributed by atoms with van der Waals surface area (Å²) in [5.74, 6) is -1.41. The summed E-state index contributed by atoms with van der Waals surface area (Å²) in [5, 5.41) is 17.0. The highest BCUT2D eigenvalue weighted by Gasteiger charge is 2.15. The molecular formula is C10H16N2O3. The molecule has 1 unspecified atom stereocenters. The van der Waals surface area contributed by atoms with Crippen molar-refractivity contribution in [3.8, 4) is 6.07 Å². The zero-order valence-electron chi connectivity index (χ0n) is 9.06. The van der Waals surface area contributed by atoms with Crippen LogP contribution in [0.25, 0.3) is 0 Å². The second-order valence-electron chi connectivity index (χ2n) is 3.36. The molecule has 0 aromatic heterocycles. The van der Waals surface area contributed by atoms with Gasteiger partial charge in [0.2, 0.25) is 5.91 Å². The van der Waals surface area contributed by atoms with E-state index in [1.54, 1.807) is 6.92 Å². The number of rotatable bonds is 6. The van der Waals surface area contributed by atoms with Crippen molar-refractivity contribution in [2.24, 2.45) is 5.92 Å². The first-order valence-electron chi connectivity index (χ1n) is 4.90. The Morgan fingerprint density at radius 3 is 2.47 bits per heavy atom. The predicted octanol–water partition coefficient (Wildman–Crippen LogP) is 0.859. The molecule has 0 aromatic rings. The van der Waals surface area contributed by atoms with E-state index in [1.807, 2.05) is 13.0 Å². The number of hydrogen-bond donors (Lipinski definition) is 1. The molecule has 0 saturated carbocycles. The summed E-state index contributed by atoms with van der Waals surface area (Å²) in [6, 6.07) is 2.04. The molecule has 15 heavy (non-hydrogen) atoms. The number of carbonyl (C=O) groups is 2. The van der Waals surface area contributed by atoms with E-state index in [4.69, 9.17) is 10.4 Å². The molecular weight excluding hydrogens is 196 g/mol. The Morgan fingerprint density at radius 1 is 1.47 bits per heavy atom. The highest BCUT2D eigenvalue weighted by molar-refractivity contribution is 5.80. The average molecular weight is 212 g/mol. The van der Waals surface area contributed by atoms with Crippen LogP contribution < -0.4 is 0 Å². The molecule has 5 heteroatoms. The number of amides is 1. The van der Waals surface area contributed by atoms with Crippen molar-refractivity contribution in [1.82, 2.24) is 4.90 Å². The third kappa shape index (κ3) is 5.68. The first-order valence-corrected chi connectivity index (χ1v) is 4.90. The summed E-state index contributed by atoms with van der Waals surface area (Å²) in [6.45, 7) is 4.41. The predicted molar refractivity (Wildman–Crippen MR) is 53.9 cm³/mol. The third-order valence-corrected chi connectivity index (χ3v) is 2.00. The van der Waals surface area contributed by atoms with E-state index in [-0.39, 0.29) is 24.7 Å². The molecule has 0 saturated heterocycles. The summed E-state index contributed by atoms with van der Waals surface area (Å²) < 4.78 is 0. The van der Waals surface area contributed by atoms with Crippen LogP contribution in [0.15, 0.2) is 0 Å². The van der Waals surface area contributed by atoms with Gasteiger partial charge in [0.25, 0.3) is 0 Å². The van der Waals surface area contributed by atoms with Crippen molar-refractivity contribution in [3.63, 3.8) is 0 Å². The highest BCUT2D eigenvalue weighted by atomic mass is 16.4. The summed E-state index contributed by atoms with van der Waals surface area (Å²) in [4.78, 5) is 23.3. The van der Waals surface area contributed by atoms with Gasteiger partial charge in [0.15, 0.2) is 0 Å². The molecule has 1 amide bonds. The first-order chi connectivity index (χ1) is 7.01. The maximum Gasteiger partial charge on any atom is 0.303 e. The normalized spacial score (nSPS) is 11.5. The molecule has 1 atom stereocenters. The lowest BCUT2D eigenvalue weighted by Gasteiger charge is -2.21. The molecule has 1 N–H and O–H groups in total. The second kappa shape index (κ2) is 6.82. The molecule has 84 valence electrons. The Labute approximate surface area is 89.3 Å². The largest absolute Gasteiger partial charge is 0.481 e. The van der Waals surface area contributed by atoms with Crippen molar-refractivity contribution in [2.45, 2.75) is 26.7 Å². The van der Waals surface area contributed by atoms with E-state index < -0.39 is 5.97 Å². The van der Waals surface area contributed by atoms with Gasteiger partial charge < -0.3 is 10.0 Å². The van der Waals surface area contributed by atoms with Gasteiger partial charge in [0.05, 0.1) is 18.4 Å². The van der Waals surface area contributed by atoms with E-state index in [1.165, 1.54) is 4.90 Å². The average Bonchev–Trinajstić information content (AvgIpc) is 2.21. The van der Waals surface area contributed by atoms with Gasteiger partial charge in [-0.05, 0) is 13.8 Å². The van der Waals surface area contributed by atoms with Crippen molar-refractivity contribution in [2.75, 3.05) is 13.1 Å². The maximum absolute atomic E-state index is 11.5. The Kier molecular flexibility index (Phi) is 6.11. The van der Waals surface area contributed by atoms with E-state index in [0.29, 0.717) is 13.1 Å². The molecule has 0 aliphatic heterocycles. The minimum atomic E-state index is -0.979. The molecule has 0 spiro atoms. The van der Waals surface area contributed by atoms with E-state index in [9.17, 15) is 9.59 Å². The van der Waals surface area contributed by atoms with Gasteiger partial charge >= 0.3 is 5.97 Å². The number of carbonyl (C=O) groups excluding carboxylic acids is 1. The molecule has 0 aromatic carbocycles. The van der Waals surface area contributed by atoms with Crippen molar-refractivity contribution in [1.29, 1.82) is 5.26 Å². The smallest absolute Gasteiger partial charge is 0.303 e. The van der Waals surface area contributed by atoms with Gasteiger partial charge in [-0.2, -0.15) is 5.26 Å². The molecule has 0 aliphatic carbocycles. The van der Waals surface area contributed by atoms with Crippen LogP contribution in [-0.4, -0.2) is 35.0 Å². The maximum atomic E-state index is 11.5. The standard InChI is InChI=1S/C10H16N2O3/c1-3-12(7-8(2)6-11)9(13)4-5-10(14)15/h8H,3-5,7H2,1-2H3,(H,14,15). The topological polar surface area (TPSA) is 81.4 Å². The van der Waals surface area contributed by atoms with Crippen molar-refractivity contribution < 1.29 is 14.7 Å². The molecule has 0 bridgehead atoms. The first kappa shape index (κ1) is 13.4. The monoisotopic (exact) mass is 212 g/mol. The van der Waals surface area contributed by atoms with Crippen LogP contribution in [-0.2, 0) is 9.59 Å². The lowest BCUT2D eigenvalue weighted by Crippen LogP contribution is -2.34. The quantitative estimate of drug-likeness (QED) is 0.708. The van der Waals surface area contributed by atoms with Crippen LogP contribution in [0.3, 0.4) is 0 Å². The minimum Gasteiger partial charge on any atom is -0.481 e. The van der Waals surface area contributed by atoms with Crippen molar-refractivity contribution >= 4 is 11.9 Å². The molecule has 0 fully saturated rings. The number of hydrogen-bond acceptors (Lipinski definition) is 3. The van der Waals surface area contributed by atoms with Crippen LogP contribution in [0.4, 0.5) is 0 Å². The fourth-order valence-electron chi connectivity index (χ4n) is 1.15. The van der Waals surface area contributed by atoms with Crippen LogP contribution >= 0.6 is 0 Å².